The second-order valence-electron chi connectivity index (χ2n) is 6.23. The molecular formula is C19H17BrN2O4. The van der Waals surface area contributed by atoms with Gasteiger partial charge in [-0.25, -0.2) is 0 Å². The topological polar surface area (TPSA) is 67.9 Å². The molecule has 2 aliphatic heterocycles. The molecule has 0 saturated carbocycles. The van der Waals surface area contributed by atoms with Crippen molar-refractivity contribution >= 4 is 39.1 Å². The van der Waals surface area contributed by atoms with Crippen LogP contribution in [0, 0.1) is 5.92 Å². The van der Waals surface area contributed by atoms with Gasteiger partial charge >= 0.3 is 0 Å². The maximum atomic E-state index is 12.5. The van der Waals surface area contributed by atoms with Crippen molar-refractivity contribution in [3.63, 3.8) is 0 Å². The SMILES string of the molecule is O=C(Nc1cccc(Br)c1)[C@@H]1CC(=O)N(c2ccc3c(c2)OCCO3)C1. The molecule has 0 unspecified atom stereocenters. The van der Waals surface area contributed by atoms with Gasteiger partial charge < -0.3 is 19.7 Å². The van der Waals surface area contributed by atoms with Gasteiger partial charge in [-0.3, -0.25) is 9.59 Å². The summed E-state index contributed by atoms with van der Waals surface area (Å²) < 4.78 is 12.0. The number of halogens is 1. The lowest BCUT2D eigenvalue weighted by Crippen LogP contribution is -2.28. The van der Waals surface area contributed by atoms with E-state index in [0.29, 0.717) is 36.9 Å². The number of carbonyl (C=O) groups excluding carboxylic acids is 2. The zero-order valence-electron chi connectivity index (χ0n) is 13.9. The van der Waals surface area contributed by atoms with Crippen LogP contribution in [0.3, 0.4) is 0 Å². The van der Waals surface area contributed by atoms with Gasteiger partial charge in [-0.2, -0.15) is 0 Å². The van der Waals surface area contributed by atoms with E-state index in [4.69, 9.17) is 9.47 Å². The number of benzene rings is 2. The molecular weight excluding hydrogens is 400 g/mol. The third kappa shape index (κ3) is 3.39. The van der Waals surface area contributed by atoms with Gasteiger partial charge in [0.25, 0.3) is 0 Å². The number of nitrogens with one attached hydrogen (secondary N) is 1. The standard InChI is InChI=1S/C19H17BrN2O4/c20-13-2-1-3-14(9-13)21-19(24)12-8-18(23)22(11-12)15-4-5-16-17(10-15)26-7-6-25-16/h1-5,9-10,12H,6-8,11H2,(H,21,24)/t12-/m1/s1. The molecule has 26 heavy (non-hydrogen) atoms. The molecule has 0 bridgehead atoms. The molecule has 2 aliphatic rings. The lowest BCUT2D eigenvalue weighted by Gasteiger charge is -2.22. The molecule has 4 rings (SSSR count). The zero-order valence-corrected chi connectivity index (χ0v) is 15.5. The summed E-state index contributed by atoms with van der Waals surface area (Å²) in [6, 6.07) is 12.8. The molecule has 1 fully saturated rings. The Kier molecular flexibility index (Phi) is 4.55. The Bertz CT molecular complexity index is 870. The number of hydrogen-bond acceptors (Lipinski definition) is 4. The lowest BCUT2D eigenvalue weighted by atomic mass is 10.1. The highest BCUT2D eigenvalue weighted by Gasteiger charge is 2.35. The molecule has 1 N–H and O–H groups in total. The fourth-order valence-corrected chi connectivity index (χ4v) is 3.54. The van der Waals surface area contributed by atoms with Crippen LogP contribution in [0.15, 0.2) is 46.9 Å². The number of rotatable bonds is 3. The molecule has 1 atom stereocenters. The molecule has 0 aromatic heterocycles. The molecule has 6 nitrogen and oxygen atoms in total. The van der Waals surface area contributed by atoms with Gasteiger partial charge in [-0.1, -0.05) is 22.0 Å². The van der Waals surface area contributed by atoms with Crippen LogP contribution in [0.2, 0.25) is 0 Å². The Morgan fingerprint density at radius 2 is 1.92 bits per heavy atom. The van der Waals surface area contributed by atoms with Crippen LogP contribution < -0.4 is 19.7 Å². The van der Waals surface area contributed by atoms with Crippen molar-refractivity contribution in [3.05, 3.63) is 46.9 Å². The largest absolute Gasteiger partial charge is 0.486 e. The summed E-state index contributed by atoms with van der Waals surface area (Å²) >= 11 is 3.38. The van der Waals surface area contributed by atoms with Gasteiger partial charge in [0.2, 0.25) is 11.8 Å². The summed E-state index contributed by atoms with van der Waals surface area (Å²) in [4.78, 5) is 26.6. The van der Waals surface area contributed by atoms with Crippen LogP contribution in [-0.4, -0.2) is 31.6 Å². The van der Waals surface area contributed by atoms with Crippen molar-refractivity contribution in [3.8, 4) is 11.5 Å². The van der Waals surface area contributed by atoms with E-state index >= 15 is 0 Å². The van der Waals surface area contributed by atoms with E-state index in [-0.39, 0.29) is 18.2 Å². The molecule has 0 spiro atoms. The van der Waals surface area contributed by atoms with E-state index < -0.39 is 5.92 Å². The summed E-state index contributed by atoms with van der Waals surface area (Å²) in [5.41, 5.74) is 1.42. The Hall–Kier alpha value is -2.54. The maximum absolute atomic E-state index is 12.5. The lowest BCUT2D eigenvalue weighted by molar-refractivity contribution is -0.122. The minimum Gasteiger partial charge on any atom is -0.486 e. The smallest absolute Gasteiger partial charge is 0.229 e. The molecule has 2 aromatic carbocycles. The summed E-state index contributed by atoms with van der Waals surface area (Å²) in [5.74, 6) is 0.682. The normalized spacial score (nSPS) is 18.7. The summed E-state index contributed by atoms with van der Waals surface area (Å²) in [6.07, 6.45) is 0.189. The quantitative estimate of drug-likeness (QED) is 0.833. The molecule has 0 aliphatic carbocycles. The molecule has 134 valence electrons. The number of nitrogens with zero attached hydrogens (tertiary/aromatic N) is 1. The number of ether oxygens (including phenoxy) is 2. The predicted molar refractivity (Wildman–Crippen MR) is 101 cm³/mol. The Balaban J connectivity index is 1.47. The third-order valence-corrected chi connectivity index (χ3v) is 4.92. The number of anilines is 2. The maximum Gasteiger partial charge on any atom is 0.229 e. The van der Waals surface area contributed by atoms with Crippen molar-refractivity contribution in [2.24, 2.45) is 5.92 Å². The van der Waals surface area contributed by atoms with Crippen molar-refractivity contribution < 1.29 is 19.1 Å². The fourth-order valence-electron chi connectivity index (χ4n) is 3.14. The van der Waals surface area contributed by atoms with Crippen LogP contribution in [0.4, 0.5) is 11.4 Å². The van der Waals surface area contributed by atoms with Crippen LogP contribution in [-0.2, 0) is 9.59 Å². The second-order valence-corrected chi connectivity index (χ2v) is 7.15. The molecule has 2 heterocycles. The van der Waals surface area contributed by atoms with Gasteiger partial charge in [-0.05, 0) is 30.3 Å². The second kappa shape index (κ2) is 6.99. The van der Waals surface area contributed by atoms with Crippen LogP contribution >= 0.6 is 15.9 Å². The van der Waals surface area contributed by atoms with Gasteiger partial charge in [0.1, 0.15) is 13.2 Å². The average molecular weight is 417 g/mol. The molecule has 0 radical (unpaired) electrons. The van der Waals surface area contributed by atoms with Crippen molar-refractivity contribution in [2.45, 2.75) is 6.42 Å². The van der Waals surface area contributed by atoms with E-state index in [2.05, 4.69) is 21.2 Å². The Morgan fingerprint density at radius 3 is 2.73 bits per heavy atom. The van der Waals surface area contributed by atoms with Gasteiger partial charge in [0.05, 0.1) is 5.92 Å². The highest BCUT2D eigenvalue weighted by molar-refractivity contribution is 9.10. The van der Waals surface area contributed by atoms with Crippen molar-refractivity contribution in [2.75, 3.05) is 30.0 Å². The third-order valence-electron chi connectivity index (χ3n) is 4.43. The molecule has 1 saturated heterocycles. The van der Waals surface area contributed by atoms with E-state index in [1.807, 2.05) is 30.3 Å². The van der Waals surface area contributed by atoms with E-state index in [9.17, 15) is 9.59 Å². The first kappa shape index (κ1) is 16.9. The van der Waals surface area contributed by atoms with Crippen LogP contribution in [0.25, 0.3) is 0 Å². The average Bonchev–Trinajstić information content (AvgIpc) is 3.03. The van der Waals surface area contributed by atoms with E-state index in [0.717, 1.165) is 10.2 Å². The first-order valence-corrected chi connectivity index (χ1v) is 9.16. The number of hydrogen-bond donors (Lipinski definition) is 1. The zero-order chi connectivity index (χ0) is 18.1. The summed E-state index contributed by atoms with van der Waals surface area (Å²) in [7, 11) is 0. The highest BCUT2D eigenvalue weighted by Crippen LogP contribution is 2.36. The summed E-state index contributed by atoms with van der Waals surface area (Å²) in [5, 5.41) is 2.87. The fraction of sp³-hybridized carbons (Fsp3) is 0.263. The molecule has 7 heteroatoms. The number of carbonyl (C=O) groups is 2. The van der Waals surface area contributed by atoms with Gasteiger partial charge in [0.15, 0.2) is 11.5 Å². The minimum atomic E-state index is -0.394. The van der Waals surface area contributed by atoms with Crippen LogP contribution in [0.5, 0.6) is 11.5 Å². The monoisotopic (exact) mass is 416 g/mol. The number of amides is 2. The summed E-state index contributed by atoms with van der Waals surface area (Å²) in [6.45, 7) is 1.35. The van der Waals surface area contributed by atoms with E-state index in [1.165, 1.54) is 0 Å². The molecule has 2 amide bonds. The van der Waals surface area contributed by atoms with Crippen molar-refractivity contribution in [1.29, 1.82) is 0 Å². The van der Waals surface area contributed by atoms with Crippen molar-refractivity contribution in [1.82, 2.24) is 0 Å². The van der Waals surface area contributed by atoms with Crippen LogP contribution in [0.1, 0.15) is 6.42 Å². The molecule has 2 aromatic rings. The highest BCUT2D eigenvalue weighted by atomic mass is 79.9. The first-order valence-electron chi connectivity index (χ1n) is 8.36. The number of fused-ring (bicyclic) bond motifs is 1. The van der Waals surface area contributed by atoms with Gasteiger partial charge in [0, 0.05) is 34.9 Å². The van der Waals surface area contributed by atoms with Gasteiger partial charge in [-0.15, -0.1) is 0 Å². The minimum absolute atomic E-state index is 0.0731. The Morgan fingerprint density at radius 1 is 1.12 bits per heavy atom. The first-order chi connectivity index (χ1) is 12.6. The Labute approximate surface area is 159 Å². The predicted octanol–water partition coefficient (Wildman–Crippen LogP) is 3.21. The van der Waals surface area contributed by atoms with E-state index in [1.54, 1.807) is 17.0 Å².